The summed E-state index contributed by atoms with van der Waals surface area (Å²) in [6.07, 6.45) is 4.87. The Morgan fingerprint density at radius 3 is 2.84 bits per heavy atom. The molecule has 2 aromatic carbocycles. The lowest BCUT2D eigenvalue weighted by Crippen LogP contribution is -2.26. The van der Waals surface area contributed by atoms with Gasteiger partial charge in [-0.15, -0.1) is 0 Å². The number of fused-ring (bicyclic) bond motifs is 1. The predicted octanol–water partition coefficient (Wildman–Crippen LogP) is 5.27. The molecule has 1 aromatic heterocycles. The molecule has 0 saturated heterocycles. The topological polar surface area (TPSA) is 87.1 Å². The van der Waals surface area contributed by atoms with Gasteiger partial charge >= 0.3 is 0 Å². The normalized spacial score (nSPS) is 12.3. The number of nitriles is 1. The number of amides is 1. The number of carbonyl (C=O) groups excluding carboxylic acids is 1. The van der Waals surface area contributed by atoms with Gasteiger partial charge in [0.2, 0.25) is 0 Å². The summed E-state index contributed by atoms with van der Waals surface area (Å²) in [5, 5.41) is 13.8. The summed E-state index contributed by atoms with van der Waals surface area (Å²) in [6, 6.07) is 13.3. The summed E-state index contributed by atoms with van der Waals surface area (Å²) in [7, 11) is 1.52. The average molecular weight is 452 g/mol. The molecule has 1 amide bonds. The Balaban J connectivity index is 1.71. The van der Waals surface area contributed by atoms with Crippen LogP contribution in [-0.2, 0) is 11.2 Å². The first-order valence-corrected chi connectivity index (χ1v) is 10.8. The fourth-order valence-electron chi connectivity index (χ4n) is 3.28. The quantitative estimate of drug-likeness (QED) is 0.342. The first kappa shape index (κ1) is 23.2. The number of benzene rings is 2. The number of aromatic nitrogens is 1. The Hall–Kier alpha value is -3.43. The van der Waals surface area contributed by atoms with Gasteiger partial charge in [-0.3, -0.25) is 4.79 Å². The van der Waals surface area contributed by atoms with E-state index in [1.165, 1.54) is 13.2 Å². The lowest BCUT2D eigenvalue weighted by atomic mass is 10.1. The van der Waals surface area contributed by atoms with Crippen molar-refractivity contribution < 1.29 is 14.3 Å². The fourth-order valence-corrected chi connectivity index (χ4v) is 3.55. The van der Waals surface area contributed by atoms with Gasteiger partial charge in [0.25, 0.3) is 5.91 Å². The summed E-state index contributed by atoms with van der Waals surface area (Å²) in [5.41, 5.74) is 2.72. The van der Waals surface area contributed by atoms with Crippen LogP contribution in [0.1, 0.15) is 31.4 Å². The van der Waals surface area contributed by atoms with Gasteiger partial charge in [0.15, 0.2) is 11.5 Å². The van der Waals surface area contributed by atoms with Crippen molar-refractivity contribution in [2.45, 2.75) is 32.8 Å². The molecule has 2 N–H and O–H groups in total. The van der Waals surface area contributed by atoms with Crippen molar-refractivity contribution in [3.8, 4) is 17.6 Å². The molecule has 0 spiro atoms. The summed E-state index contributed by atoms with van der Waals surface area (Å²) in [5.74, 6) is 0.450. The maximum absolute atomic E-state index is 12.6. The average Bonchev–Trinajstić information content (AvgIpc) is 3.21. The summed E-state index contributed by atoms with van der Waals surface area (Å²) in [6.45, 7) is 4.36. The van der Waals surface area contributed by atoms with E-state index in [1.54, 1.807) is 12.1 Å². The molecule has 0 aliphatic rings. The molecule has 0 aliphatic heterocycles. The van der Waals surface area contributed by atoms with E-state index in [2.05, 4.69) is 10.3 Å². The highest BCUT2D eigenvalue weighted by atomic mass is 35.5. The molecule has 6 nitrogen and oxygen atoms in total. The molecule has 0 fully saturated rings. The van der Waals surface area contributed by atoms with Crippen LogP contribution in [0.5, 0.6) is 11.5 Å². The molecule has 7 heteroatoms. The first-order chi connectivity index (χ1) is 15.5. The number of para-hydroxylation sites is 1. The van der Waals surface area contributed by atoms with Gasteiger partial charge in [0, 0.05) is 23.6 Å². The van der Waals surface area contributed by atoms with E-state index in [9.17, 15) is 10.1 Å². The van der Waals surface area contributed by atoms with Crippen LogP contribution in [0.25, 0.3) is 17.0 Å². The second-order valence-corrected chi connectivity index (χ2v) is 7.81. The molecule has 166 valence electrons. The van der Waals surface area contributed by atoms with Crippen LogP contribution >= 0.6 is 11.6 Å². The number of hydrogen-bond donors (Lipinski definition) is 2. The van der Waals surface area contributed by atoms with Crippen LogP contribution in [0.15, 0.2) is 48.2 Å². The molecular weight excluding hydrogens is 426 g/mol. The van der Waals surface area contributed by atoms with E-state index in [0.717, 1.165) is 22.9 Å². The van der Waals surface area contributed by atoms with Gasteiger partial charge in [-0.05, 0) is 55.2 Å². The highest BCUT2D eigenvalue weighted by molar-refractivity contribution is 6.32. The first-order valence-electron chi connectivity index (χ1n) is 10.5. The van der Waals surface area contributed by atoms with E-state index >= 15 is 0 Å². The Bertz CT molecular complexity index is 1180. The smallest absolute Gasteiger partial charge is 0.261 e. The van der Waals surface area contributed by atoms with E-state index in [0.29, 0.717) is 35.1 Å². The number of nitrogens with one attached hydrogen (secondary N) is 2. The fraction of sp³-hybridized carbons (Fsp3) is 0.280. The Kier molecular flexibility index (Phi) is 7.80. The van der Waals surface area contributed by atoms with Crippen molar-refractivity contribution in [2.24, 2.45) is 0 Å². The van der Waals surface area contributed by atoms with Crippen molar-refractivity contribution in [1.29, 1.82) is 5.26 Å². The zero-order valence-electron chi connectivity index (χ0n) is 18.4. The van der Waals surface area contributed by atoms with Crippen LogP contribution in [0.2, 0.25) is 5.02 Å². The lowest BCUT2D eigenvalue weighted by Gasteiger charge is -2.17. The third kappa shape index (κ3) is 5.43. The monoisotopic (exact) mass is 451 g/mol. The molecule has 0 bridgehead atoms. The molecule has 0 radical (unpaired) electrons. The third-order valence-corrected chi connectivity index (χ3v) is 5.46. The Morgan fingerprint density at radius 1 is 1.34 bits per heavy atom. The molecular formula is C25H26ClN3O3. The van der Waals surface area contributed by atoms with Crippen LogP contribution in [0, 0.1) is 11.3 Å². The maximum Gasteiger partial charge on any atom is 0.261 e. The number of halogens is 1. The minimum absolute atomic E-state index is 0.0161. The van der Waals surface area contributed by atoms with Gasteiger partial charge in [-0.1, -0.05) is 36.7 Å². The van der Waals surface area contributed by atoms with Crippen molar-refractivity contribution in [3.63, 3.8) is 0 Å². The van der Waals surface area contributed by atoms with Crippen molar-refractivity contribution in [2.75, 3.05) is 13.7 Å². The molecule has 0 aliphatic carbocycles. The zero-order valence-corrected chi connectivity index (χ0v) is 19.1. The predicted molar refractivity (Wildman–Crippen MR) is 127 cm³/mol. The molecule has 32 heavy (non-hydrogen) atoms. The van der Waals surface area contributed by atoms with E-state index < -0.39 is 5.91 Å². The number of H-pyrrole nitrogens is 1. The van der Waals surface area contributed by atoms with Crippen LogP contribution in [0.4, 0.5) is 0 Å². The van der Waals surface area contributed by atoms with Gasteiger partial charge in [-0.2, -0.15) is 5.26 Å². The second kappa shape index (κ2) is 10.7. The van der Waals surface area contributed by atoms with Crippen LogP contribution < -0.4 is 14.8 Å². The summed E-state index contributed by atoms with van der Waals surface area (Å²) in [4.78, 5) is 15.8. The van der Waals surface area contributed by atoms with Gasteiger partial charge < -0.3 is 19.8 Å². The highest BCUT2D eigenvalue weighted by Crippen LogP contribution is 2.38. The molecule has 0 unspecified atom stereocenters. The summed E-state index contributed by atoms with van der Waals surface area (Å²) >= 11 is 6.39. The van der Waals surface area contributed by atoms with Crippen molar-refractivity contribution in [3.05, 3.63) is 64.3 Å². The number of carbonyl (C=O) groups is 1. The molecule has 3 aromatic rings. The minimum atomic E-state index is -0.442. The second-order valence-electron chi connectivity index (χ2n) is 7.41. The van der Waals surface area contributed by atoms with E-state index in [-0.39, 0.29) is 11.7 Å². The molecule has 0 saturated carbocycles. The van der Waals surface area contributed by atoms with E-state index in [4.69, 9.17) is 21.1 Å². The zero-order chi connectivity index (χ0) is 23.1. The number of aromatic amines is 1. The Labute approximate surface area is 192 Å². The largest absolute Gasteiger partial charge is 0.493 e. The number of nitrogens with zero attached hydrogens (tertiary/aromatic N) is 1. The molecule has 1 atom stereocenters. The Morgan fingerprint density at radius 2 is 2.12 bits per heavy atom. The van der Waals surface area contributed by atoms with Crippen molar-refractivity contribution >= 4 is 34.5 Å². The number of methoxy groups -OCH3 is 1. The van der Waals surface area contributed by atoms with E-state index in [1.807, 2.05) is 50.4 Å². The lowest BCUT2D eigenvalue weighted by molar-refractivity contribution is -0.117. The number of rotatable bonds is 9. The SMILES string of the molecule is CC[C@H](C)Oc1c(Cl)cc(/C=C(/C#N)C(=O)NCCc2c[nH]c3ccccc23)cc1OC. The van der Waals surface area contributed by atoms with Crippen LogP contribution in [0.3, 0.4) is 0 Å². The van der Waals surface area contributed by atoms with Crippen LogP contribution in [-0.4, -0.2) is 30.6 Å². The van der Waals surface area contributed by atoms with Gasteiger partial charge in [0.1, 0.15) is 11.6 Å². The molecule has 1 heterocycles. The third-order valence-electron chi connectivity index (χ3n) is 5.18. The minimum Gasteiger partial charge on any atom is -0.493 e. The van der Waals surface area contributed by atoms with Gasteiger partial charge in [0.05, 0.1) is 18.2 Å². The number of ether oxygens (including phenoxy) is 2. The number of hydrogen-bond acceptors (Lipinski definition) is 4. The summed E-state index contributed by atoms with van der Waals surface area (Å²) < 4.78 is 11.2. The standard InChI is InChI=1S/C25H26ClN3O3/c1-4-16(2)32-24-21(26)12-17(13-23(24)31-3)11-19(14-27)25(30)28-10-9-18-15-29-22-8-6-5-7-20(18)22/h5-8,11-13,15-16,29H,4,9-10H2,1-3H3,(H,28,30)/b19-11-/t16-/m0/s1. The maximum atomic E-state index is 12.6. The molecule has 3 rings (SSSR count). The van der Waals surface area contributed by atoms with Crippen molar-refractivity contribution in [1.82, 2.24) is 10.3 Å². The van der Waals surface area contributed by atoms with Gasteiger partial charge in [-0.25, -0.2) is 0 Å². The highest BCUT2D eigenvalue weighted by Gasteiger charge is 2.16.